The van der Waals surface area contributed by atoms with Crippen LogP contribution < -0.4 is 0 Å². The quantitative estimate of drug-likeness (QED) is 0.798. The van der Waals surface area contributed by atoms with Crippen LogP contribution in [0.5, 0.6) is 0 Å². The molecule has 0 spiro atoms. The molecule has 0 radical (unpaired) electrons. The van der Waals surface area contributed by atoms with E-state index >= 15 is 0 Å². The van der Waals surface area contributed by atoms with Crippen molar-refractivity contribution < 1.29 is 9.90 Å². The molecule has 1 rings (SSSR count). The summed E-state index contributed by atoms with van der Waals surface area (Å²) in [7, 11) is 0. The number of hydrogen-bond donors (Lipinski definition) is 1. The highest BCUT2D eigenvalue weighted by Gasteiger charge is 2.30. The van der Waals surface area contributed by atoms with Crippen LogP contribution in [0.15, 0.2) is 0 Å². The van der Waals surface area contributed by atoms with E-state index in [0.717, 1.165) is 38.8 Å². The van der Waals surface area contributed by atoms with E-state index in [9.17, 15) is 9.90 Å². The number of amides is 1. The molecule has 2 atom stereocenters. The number of carbonyl (C=O) groups excluding carboxylic acids is 1. The van der Waals surface area contributed by atoms with Crippen LogP contribution >= 0.6 is 0 Å². The van der Waals surface area contributed by atoms with E-state index in [-0.39, 0.29) is 23.8 Å². The predicted molar refractivity (Wildman–Crippen MR) is 65.1 cm³/mol. The molecule has 0 aromatic heterocycles. The zero-order valence-corrected chi connectivity index (χ0v) is 10.8. The van der Waals surface area contributed by atoms with Gasteiger partial charge in [0.05, 0.1) is 6.10 Å². The summed E-state index contributed by atoms with van der Waals surface area (Å²) in [4.78, 5) is 14.1. The van der Waals surface area contributed by atoms with Gasteiger partial charge in [0.25, 0.3) is 0 Å². The van der Waals surface area contributed by atoms with E-state index in [1.54, 1.807) is 0 Å². The SMILES string of the molecule is CCC(CC)C(=O)N1CCC(O)C(CC)C1. The minimum Gasteiger partial charge on any atom is -0.393 e. The van der Waals surface area contributed by atoms with Gasteiger partial charge in [-0.15, -0.1) is 0 Å². The van der Waals surface area contributed by atoms with Gasteiger partial charge in [-0.3, -0.25) is 4.79 Å². The molecule has 94 valence electrons. The fourth-order valence-electron chi connectivity index (χ4n) is 2.52. The normalized spacial score (nSPS) is 26.2. The summed E-state index contributed by atoms with van der Waals surface area (Å²) in [5, 5.41) is 9.78. The molecule has 0 bridgehead atoms. The van der Waals surface area contributed by atoms with Gasteiger partial charge in [-0.05, 0) is 25.7 Å². The van der Waals surface area contributed by atoms with Crippen molar-refractivity contribution in [2.24, 2.45) is 11.8 Å². The predicted octanol–water partition coefficient (Wildman–Crippen LogP) is 2.04. The highest BCUT2D eigenvalue weighted by molar-refractivity contribution is 5.78. The third kappa shape index (κ3) is 2.97. The molecular weight excluding hydrogens is 202 g/mol. The van der Waals surface area contributed by atoms with Crippen LogP contribution in [0.3, 0.4) is 0 Å². The monoisotopic (exact) mass is 227 g/mol. The maximum absolute atomic E-state index is 12.2. The van der Waals surface area contributed by atoms with Gasteiger partial charge in [0.1, 0.15) is 0 Å². The number of aliphatic hydroxyl groups excluding tert-OH is 1. The van der Waals surface area contributed by atoms with E-state index in [1.165, 1.54) is 0 Å². The molecule has 1 saturated heterocycles. The van der Waals surface area contributed by atoms with Crippen molar-refractivity contribution in [1.82, 2.24) is 4.90 Å². The number of carbonyl (C=O) groups is 1. The molecule has 1 N–H and O–H groups in total. The number of piperidine rings is 1. The summed E-state index contributed by atoms with van der Waals surface area (Å²) in [5.41, 5.74) is 0. The fourth-order valence-corrected chi connectivity index (χ4v) is 2.52. The second-order valence-corrected chi connectivity index (χ2v) is 4.82. The van der Waals surface area contributed by atoms with E-state index in [2.05, 4.69) is 20.8 Å². The summed E-state index contributed by atoms with van der Waals surface area (Å²) in [6.07, 6.45) is 3.32. The summed E-state index contributed by atoms with van der Waals surface area (Å²) in [6, 6.07) is 0. The molecule has 1 heterocycles. The Morgan fingerprint density at radius 3 is 2.50 bits per heavy atom. The number of hydrogen-bond acceptors (Lipinski definition) is 2. The average Bonchev–Trinajstić information content (AvgIpc) is 2.31. The number of aliphatic hydroxyl groups is 1. The number of nitrogens with zero attached hydrogens (tertiary/aromatic N) is 1. The van der Waals surface area contributed by atoms with Crippen LogP contribution in [-0.2, 0) is 4.79 Å². The van der Waals surface area contributed by atoms with Gasteiger partial charge in [0.2, 0.25) is 5.91 Å². The summed E-state index contributed by atoms with van der Waals surface area (Å²) < 4.78 is 0. The minimum atomic E-state index is -0.212. The lowest BCUT2D eigenvalue weighted by Gasteiger charge is -2.37. The van der Waals surface area contributed by atoms with Crippen molar-refractivity contribution in [1.29, 1.82) is 0 Å². The molecule has 1 amide bonds. The molecule has 0 aliphatic carbocycles. The van der Waals surface area contributed by atoms with E-state index < -0.39 is 0 Å². The minimum absolute atomic E-state index is 0.174. The molecule has 1 aliphatic heterocycles. The van der Waals surface area contributed by atoms with Crippen LogP contribution in [0.4, 0.5) is 0 Å². The lowest BCUT2D eigenvalue weighted by atomic mass is 9.91. The van der Waals surface area contributed by atoms with Gasteiger partial charge in [-0.25, -0.2) is 0 Å². The first-order valence-electron chi connectivity index (χ1n) is 6.60. The summed E-state index contributed by atoms with van der Waals surface area (Å²) in [6.45, 7) is 7.70. The van der Waals surface area contributed by atoms with Gasteiger partial charge in [-0.2, -0.15) is 0 Å². The van der Waals surface area contributed by atoms with Crippen molar-refractivity contribution in [3.8, 4) is 0 Å². The Bertz CT molecular complexity index is 226. The maximum atomic E-state index is 12.2. The Kier molecular flexibility index (Phi) is 5.26. The highest BCUT2D eigenvalue weighted by Crippen LogP contribution is 2.22. The van der Waals surface area contributed by atoms with Crippen LogP contribution in [0.2, 0.25) is 0 Å². The number of likely N-dealkylation sites (tertiary alicyclic amines) is 1. The first-order chi connectivity index (χ1) is 7.63. The van der Waals surface area contributed by atoms with Gasteiger partial charge < -0.3 is 10.0 Å². The molecule has 0 saturated carbocycles. The van der Waals surface area contributed by atoms with Crippen LogP contribution in [0.25, 0.3) is 0 Å². The molecular formula is C13H25NO2. The van der Waals surface area contributed by atoms with Crippen molar-refractivity contribution in [2.75, 3.05) is 13.1 Å². The third-order valence-corrected chi connectivity index (χ3v) is 3.86. The van der Waals surface area contributed by atoms with Gasteiger partial charge in [0, 0.05) is 24.9 Å². The topological polar surface area (TPSA) is 40.5 Å². The van der Waals surface area contributed by atoms with E-state index in [1.807, 2.05) is 4.90 Å². The average molecular weight is 227 g/mol. The second kappa shape index (κ2) is 6.24. The van der Waals surface area contributed by atoms with E-state index in [0.29, 0.717) is 0 Å². The van der Waals surface area contributed by atoms with Crippen LogP contribution in [0.1, 0.15) is 46.5 Å². The molecule has 0 aromatic carbocycles. The molecule has 0 aromatic rings. The van der Waals surface area contributed by atoms with Gasteiger partial charge in [0.15, 0.2) is 0 Å². The zero-order valence-electron chi connectivity index (χ0n) is 10.8. The van der Waals surface area contributed by atoms with Gasteiger partial charge in [-0.1, -0.05) is 20.8 Å². The third-order valence-electron chi connectivity index (χ3n) is 3.86. The highest BCUT2D eigenvalue weighted by atomic mass is 16.3. The fraction of sp³-hybridized carbons (Fsp3) is 0.923. The molecule has 2 unspecified atom stereocenters. The largest absolute Gasteiger partial charge is 0.393 e. The lowest BCUT2D eigenvalue weighted by Crippen LogP contribution is -2.47. The van der Waals surface area contributed by atoms with Crippen molar-refractivity contribution in [3.63, 3.8) is 0 Å². The van der Waals surface area contributed by atoms with Crippen molar-refractivity contribution in [2.45, 2.75) is 52.6 Å². The molecule has 16 heavy (non-hydrogen) atoms. The molecule has 3 heteroatoms. The Morgan fingerprint density at radius 2 is 2.00 bits per heavy atom. The van der Waals surface area contributed by atoms with Crippen LogP contribution in [0, 0.1) is 11.8 Å². The zero-order chi connectivity index (χ0) is 12.1. The van der Waals surface area contributed by atoms with Gasteiger partial charge >= 0.3 is 0 Å². The van der Waals surface area contributed by atoms with Crippen LogP contribution in [-0.4, -0.2) is 35.1 Å². The summed E-state index contributed by atoms with van der Waals surface area (Å²) in [5.74, 6) is 0.732. The standard InChI is InChI=1S/C13H25NO2/c1-4-10(5-2)13(16)14-8-7-12(15)11(6-3)9-14/h10-12,15H,4-9H2,1-3H3. The molecule has 1 aliphatic rings. The van der Waals surface area contributed by atoms with Crippen molar-refractivity contribution >= 4 is 5.91 Å². The second-order valence-electron chi connectivity index (χ2n) is 4.82. The molecule has 3 nitrogen and oxygen atoms in total. The Labute approximate surface area is 98.8 Å². The van der Waals surface area contributed by atoms with Crippen molar-refractivity contribution in [3.05, 3.63) is 0 Å². The number of rotatable bonds is 4. The summed E-state index contributed by atoms with van der Waals surface area (Å²) >= 11 is 0. The Hall–Kier alpha value is -0.570. The maximum Gasteiger partial charge on any atom is 0.225 e. The first kappa shape index (κ1) is 13.5. The smallest absolute Gasteiger partial charge is 0.225 e. The Balaban J connectivity index is 2.57. The first-order valence-corrected chi connectivity index (χ1v) is 6.60. The Morgan fingerprint density at radius 1 is 1.38 bits per heavy atom. The van der Waals surface area contributed by atoms with E-state index in [4.69, 9.17) is 0 Å². The molecule has 1 fully saturated rings. The lowest BCUT2D eigenvalue weighted by molar-refractivity contribution is -0.139.